The Bertz CT molecular complexity index is 662. The molecule has 0 aliphatic carbocycles. The molecule has 108 valence electrons. The van der Waals surface area contributed by atoms with E-state index in [1.165, 1.54) is 12.1 Å². The summed E-state index contributed by atoms with van der Waals surface area (Å²) in [4.78, 5) is 11.3. The second-order valence-corrected chi connectivity index (χ2v) is 5.27. The fraction of sp³-hybridized carbons (Fsp3) is 0.0625. The van der Waals surface area contributed by atoms with Gasteiger partial charge in [-0.05, 0) is 29.3 Å². The van der Waals surface area contributed by atoms with Gasteiger partial charge in [0.15, 0.2) is 0 Å². The summed E-state index contributed by atoms with van der Waals surface area (Å²) in [5, 5.41) is 9.22. The third kappa shape index (κ3) is 4.52. The predicted octanol–water partition coefficient (Wildman–Crippen LogP) is 4.74. The minimum Gasteiger partial charge on any atom is -0.489 e. The minimum absolute atomic E-state index is 0.00421. The molecule has 5 heteroatoms. The van der Waals surface area contributed by atoms with Crippen LogP contribution in [0.1, 0.15) is 21.5 Å². The van der Waals surface area contributed by atoms with Gasteiger partial charge in [-0.3, -0.25) is 0 Å². The van der Waals surface area contributed by atoms with E-state index in [9.17, 15) is 9.90 Å². The van der Waals surface area contributed by atoms with Gasteiger partial charge in [0.1, 0.15) is 16.8 Å². The van der Waals surface area contributed by atoms with Gasteiger partial charge in [0.25, 0.3) is 0 Å². The molecule has 0 saturated heterocycles. The Morgan fingerprint density at radius 3 is 2.48 bits per heavy atom. The zero-order valence-electron chi connectivity index (χ0n) is 10.9. The zero-order valence-corrected chi connectivity index (χ0v) is 12.4. The lowest BCUT2D eigenvalue weighted by Gasteiger charge is -2.09. The first-order valence-electron chi connectivity index (χ1n) is 6.13. The molecular formula is C16H12Cl2O3. The Balaban J connectivity index is 2.20. The lowest BCUT2D eigenvalue weighted by atomic mass is 10.1. The van der Waals surface area contributed by atoms with Crippen LogP contribution in [0.5, 0.6) is 5.75 Å². The van der Waals surface area contributed by atoms with Crippen LogP contribution in [0.15, 0.2) is 53.0 Å². The molecule has 0 aliphatic rings. The Labute approximate surface area is 132 Å². The summed E-state index contributed by atoms with van der Waals surface area (Å²) in [5.74, 6) is -0.597. The highest BCUT2D eigenvalue weighted by Gasteiger charge is 2.10. The molecule has 0 aliphatic heterocycles. The number of benzene rings is 2. The molecule has 0 radical (unpaired) electrons. The van der Waals surface area contributed by atoms with Crippen LogP contribution < -0.4 is 4.74 Å². The van der Waals surface area contributed by atoms with Crippen molar-refractivity contribution in [2.75, 3.05) is 0 Å². The number of ether oxygens (including phenoxy) is 1. The average molecular weight is 323 g/mol. The van der Waals surface area contributed by atoms with Gasteiger partial charge in [-0.1, -0.05) is 59.6 Å². The summed E-state index contributed by atoms with van der Waals surface area (Å²) in [6, 6.07) is 14.4. The van der Waals surface area contributed by atoms with E-state index in [4.69, 9.17) is 27.9 Å². The van der Waals surface area contributed by atoms with E-state index in [0.29, 0.717) is 17.9 Å². The van der Waals surface area contributed by atoms with E-state index in [0.717, 1.165) is 5.56 Å². The lowest BCUT2D eigenvalue weighted by Crippen LogP contribution is -2.02. The molecular weight excluding hydrogens is 311 g/mol. The van der Waals surface area contributed by atoms with Gasteiger partial charge in [0.2, 0.25) is 0 Å². The number of carboxylic acids is 1. The van der Waals surface area contributed by atoms with Crippen LogP contribution in [-0.4, -0.2) is 11.1 Å². The first kappa shape index (κ1) is 15.4. The highest BCUT2D eigenvalue weighted by molar-refractivity contribution is 6.57. The molecule has 3 nitrogen and oxygen atoms in total. The number of carbonyl (C=O) groups is 1. The Morgan fingerprint density at radius 1 is 1.14 bits per heavy atom. The van der Waals surface area contributed by atoms with Crippen molar-refractivity contribution in [3.8, 4) is 5.75 Å². The molecule has 0 saturated carbocycles. The van der Waals surface area contributed by atoms with E-state index in [1.807, 2.05) is 30.3 Å². The van der Waals surface area contributed by atoms with Crippen molar-refractivity contribution in [1.82, 2.24) is 0 Å². The maximum absolute atomic E-state index is 11.3. The van der Waals surface area contributed by atoms with Crippen LogP contribution in [0, 0.1) is 0 Å². The van der Waals surface area contributed by atoms with E-state index < -0.39 is 5.97 Å². The molecule has 2 rings (SSSR count). The monoisotopic (exact) mass is 322 g/mol. The number of aromatic carboxylic acids is 1. The fourth-order valence-corrected chi connectivity index (χ4v) is 2.03. The number of hydrogen-bond acceptors (Lipinski definition) is 2. The summed E-state index contributed by atoms with van der Waals surface area (Å²) in [6.45, 7) is 0.366. The van der Waals surface area contributed by atoms with E-state index in [1.54, 1.807) is 12.1 Å². The quantitative estimate of drug-likeness (QED) is 0.864. The third-order valence-corrected chi connectivity index (χ3v) is 2.99. The maximum atomic E-state index is 11.3. The predicted molar refractivity (Wildman–Crippen MR) is 83.9 cm³/mol. The van der Waals surface area contributed by atoms with Crippen molar-refractivity contribution in [1.29, 1.82) is 0 Å². The molecule has 2 aromatic carbocycles. The molecule has 0 atom stereocenters. The minimum atomic E-state index is -1.07. The van der Waals surface area contributed by atoms with Crippen molar-refractivity contribution in [3.63, 3.8) is 0 Å². The second-order valence-electron chi connectivity index (χ2n) is 4.26. The summed E-state index contributed by atoms with van der Waals surface area (Å²) in [5.41, 5.74) is 1.51. The Kier molecular flexibility index (Phi) is 5.26. The van der Waals surface area contributed by atoms with E-state index in [-0.39, 0.29) is 10.1 Å². The van der Waals surface area contributed by atoms with Crippen molar-refractivity contribution in [3.05, 3.63) is 69.7 Å². The van der Waals surface area contributed by atoms with Crippen molar-refractivity contribution in [2.24, 2.45) is 0 Å². The van der Waals surface area contributed by atoms with Crippen LogP contribution in [0.2, 0.25) is 0 Å². The molecule has 0 fully saturated rings. The molecule has 0 amide bonds. The molecule has 0 bridgehead atoms. The normalized spacial score (nSPS) is 10.0. The second kappa shape index (κ2) is 7.16. The standard InChI is InChI=1S/C16H12Cl2O3/c17-15(18)8-12-6-7-13(9-14(12)16(19)20)21-10-11-4-2-1-3-5-11/h1-9H,10H2,(H,19,20). The fourth-order valence-electron chi connectivity index (χ4n) is 1.79. The van der Waals surface area contributed by atoms with Gasteiger partial charge >= 0.3 is 5.97 Å². The van der Waals surface area contributed by atoms with Crippen LogP contribution in [0.4, 0.5) is 0 Å². The Hall–Kier alpha value is -1.97. The summed E-state index contributed by atoms with van der Waals surface area (Å²) in [6.07, 6.45) is 1.38. The van der Waals surface area contributed by atoms with E-state index >= 15 is 0 Å². The molecule has 1 N–H and O–H groups in total. The van der Waals surface area contributed by atoms with Gasteiger partial charge in [-0.25, -0.2) is 4.79 Å². The highest BCUT2D eigenvalue weighted by atomic mass is 35.5. The van der Waals surface area contributed by atoms with Crippen molar-refractivity contribution >= 4 is 35.2 Å². The first-order chi connectivity index (χ1) is 10.1. The van der Waals surface area contributed by atoms with Crippen LogP contribution in [0.25, 0.3) is 6.08 Å². The number of hydrogen-bond donors (Lipinski definition) is 1. The maximum Gasteiger partial charge on any atom is 0.336 e. The van der Waals surface area contributed by atoms with Gasteiger partial charge in [-0.15, -0.1) is 0 Å². The van der Waals surface area contributed by atoms with Crippen LogP contribution in [-0.2, 0) is 6.61 Å². The number of rotatable bonds is 5. The molecule has 0 spiro atoms. The van der Waals surface area contributed by atoms with Gasteiger partial charge in [0.05, 0.1) is 5.56 Å². The molecule has 2 aromatic rings. The molecule has 0 unspecified atom stereocenters. The molecule has 0 heterocycles. The average Bonchev–Trinajstić information content (AvgIpc) is 2.46. The molecule has 21 heavy (non-hydrogen) atoms. The van der Waals surface area contributed by atoms with E-state index in [2.05, 4.69) is 0 Å². The SMILES string of the molecule is O=C(O)c1cc(OCc2ccccc2)ccc1C=C(Cl)Cl. The van der Waals surface area contributed by atoms with Gasteiger partial charge < -0.3 is 9.84 Å². The van der Waals surface area contributed by atoms with Crippen LogP contribution in [0.3, 0.4) is 0 Å². The largest absolute Gasteiger partial charge is 0.489 e. The summed E-state index contributed by atoms with van der Waals surface area (Å²) in [7, 11) is 0. The lowest BCUT2D eigenvalue weighted by molar-refractivity contribution is 0.0696. The van der Waals surface area contributed by atoms with Crippen LogP contribution >= 0.6 is 23.2 Å². The molecule has 0 aromatic heterocycles. The van der Waals surface area contributed by atoms with Crippen molar-refractivity contribution < 1.29 is 14.6 Å². The smallest absolute Gasteiger partial charge is 0.336 e. The van der Waals surface area contributed by atoms with Gasteiger partial charge in [0, 0.05) is 0 Å². The number of carboxylic acid groups (broad SMARTS) is 1. The highest BCUT2D eigenvalue weighted by Crippen LogP contribution is 2.23. The summed E-state index contributed by atoms with van der Waals surface area (Å²) >= 11 is 11.1. The topological polar surface area (TPSA) is 46.5 Å². The number of halogens is 2. The first-order valence-corrected chi connectivity index (χ1v) is 6.88. The van der Waals surface area contributed by atoms with Gasteiger partial charge in [-0.2, -0.15) is 0 Å². The summed E-state index contributed by atoms with van der Waals surface area (Å²) < 4.78 is 5.59. The zero-order chi connectivity index (χ0) is 15.2. The Morgan fingerprint density at radius 2 is 1.86 bits per heavy atom. The van der Waals surface area contributed by atoms with Crippen molar-refractivity contribution in [2.45, 2.75) is 6.61 Å². The third-order valence-electron chi connectivity index (χ3n) is 2.77.